The van der Waals surface area contributed by atoms with E-state index in [0.717, 1.165) is 35.4 Å². The lowest BCUT2D eigenvalue weighted by molar-refractivity contribution is -0.143. The van der Waals surface area contributed by atoms with Crippen LogP contribution in [0.4, 0.5) is 54.5 Å². The summed E-state index contributed by atoms with van der Waals surface area (Å²) in [6.45, 7) is -1.57. The van der Waals surface area contributed by atoms with Crippen molar-refractivity contribution >= 4 is 67.9 Å². The number of urea groups is 1. The number of carbonyl (C=O) groups is 2. The molecule has 2 aromatic carbocycles. The highest BCUT2D eigenvalue weighted by atomic mass is 35.5. The summed E-state index contributed by atoms with van der Waals surface area (Å²) in [4.78, 5) is 52.9. The molecule has 5 aromatic rings. The van der Waals surface area contributed by atoms with Crippen LogP contribution in [0.2, 0.25) is 5.02 Å². The molecule has 420 valence electrons. The normalized spacial score (nSPS) is 19.1. The number of phosphoric acid groups is 1. The van der Waals surface area contributed by atoms with Crippen molar-refractivity contribution in [3.63, 3.8) is 0 Å². The molecule has 1 saturated heterocycles. The molecule has 1 saturated carbocycles. The number of aryl methyl sites for hydroxylation is 1. The van der Waals surface area contributed by atoms with Gasteiger partial charge in [-0.2, -0.15) is 49.6 Å². The Morgan fingerprint density at radius 1 is 0.974 bits per heavy atom. The Kier molecular flexibility index (Phi) is 15.0. The number of phosphoric ester groups is 1. The van der Waals surface area contributed by atoms with Gasteiger partial charge in [0.25, 0.3) is 5.92 Å². The van der Waals surface area contributed by atoms with E-state index in [1.165, 1.54) is 26.0 Å². The van der Waals surface area contributed by atoms with Crippen molar-refractivity contribution in [3.05, 3.63) is 93.0 Å². The Morgan fingerprint density at radius 3 is 2.22 bits per heavy atom. The van der Waals surface area contributed by atoms with Crippen LogP contribution in [0.3, 0.4) is 0 Å². The van der Waals surface area contributed by atoms with E-state index in [1.807, 2.05) is 0 Å². The quantitative estimate of drug-likeness (QED) is 0.0587. The number of halogens is 11. The average Bonchev–Trinajstić information content (AvgIpc) is 3.50. The fraction of sp³-hybridized carbons (Fsp3) is 0.489. The zero-order valence-corrected chi connectivity index (χ0v) is 43.9. The SMILES string of the molecule is CC(C)(CCc1ccc(-c2ccc(Cl)c3c(N(C(=O)N4CCCC4COP(=O)(O)O)S(C)(=O)=O)nn(CC(F)(F)F)c23)c([C@H](Cc2cc(F)cc(F)c2)NC(=O)Cn2nc(C(F)(F)F)c3c2C(F)(F)C2C[C@H]32)n1)S(C)(=O)=O. The first-order chi connectivity index (χ1) is 35.4. The zero-order chi connectivity index (χ0) is 56.9. The molecule has 4 heterocycles. The Morgan fingerprint density at radius 2 is 1.62 bits per heavy atom. The first kappa shape index (κ1) is 57.8. The topological polar surface area (TPSA) is 236 Å². The van der Waals surface area contributed by atoms with Gasteiger partial charge >= 0.3 is 26.2 Å². The Bertz CT molecular complexity index is 3460. The molecule has 32 heteroatoms. The largest absolute Gasteiger partial charge is 0.469 e. The van der Waals surface area contributed by atoms with Gasteiger partial charge in [0.2, 0.25) is 15.9 Å². The average molecular weight is 1180 g/mol. The Balaban J connectivity index is 1.33. The van der Waals surface area contributed by atoms with Crippen molar-refractivity contribution < 1.29 is 89.2 Å². The lowest BCUT2D eigenvalue weighted by Crippen LogP contribution is -2.49. The number of amides is 3. The summed E-state index contributed by atoms with van der Waals surface area (Å²) in [6.07, 6.45) is -10.1. The molecule has 77 heavy (non-hydrogen) atoms. The molecule has 8 rings (SSSR count). The van der Waals surface area contributed by atoms with Gasteiger partial charge in [-0.15, -0.1) is 0 Å². The second-order valence-electron chi connectivity index (χ2n) is 19.7. The second kappa shape index (κ2) is 20.1. The summed E-state index contributed by atoms with van der Waals surface area (Å²) in [5.41, 5.74) is -5.51. The van der Waals surface area contributed by atoms with E-state index in [4.69, 9.17) is 16.6 Å². The maximum Gasteiger partial charge on any atom is 0.469 e. The van der Waals surface area contributed by atoms with Gasteiger partial charge in [0.15, 0.2) is 21.3 Å². The van der Waals surface area contributed by atoms with E-state index in [-0.39, 0.29) is 74.7 Å². The van der Waals surface area contributed by atoms with Crippen LogP contribution in [0.1, 0.15) is 85.4 Å². The van der Waals surface area contributed by atoms with Gasteiger partial charge in [-0.05, 0) is 88.1 Å². The number of likely N-dealkylation sites (tertiary alicyclic amines) is 1. The molecular weight excluding hydrogens is 1130 g/mol. The summed E-state index contributed by atoms with van der Waals surface area (Å²) in [7, 11) is -13.8. The molecule has 3 aliphatic rings. The van der Waals surface area contributed by atoms with E-state index in [9.17, 15) is 75.9 Å². The van der Waals surface area contributed by atoms with Crippen LogP contribution in [-0.2, 0) is 71.8 Å². The maximum atomic E-state index is 15.7. The zero-order valence-electron chi connectivity index (χ0n) is 40.6. The summed E-state index contributed by atoms with van der Waals surface area (Å²) >= 11 is 6.71. The number of sulfone groups is 1. The number of benzene rings is 2. The van der Waals surface area contributed by atoms with E-state index >= 15 is 8.78 Å². The molecule has 3 N–H and O–H groups in total. The second-order valence-corrected chi connectivity index (χ2v) is 25.8. The molecule has 0 spiro atoms. The number of aromatic nitrogens is 5. The van der Waals surface area contributed by atoms with E-state index in [0.29, 0.717) is 12.3 Å². The summed E-state index contributed by atoms with van der Waals surface area (Å²) in [5, 5.41) is 8.70. The minimum Gasteiger partial charge on any atom is -0.346 e. The van der Waals surface area contributed by atoms with Gasteiger partial charge < -0.3 is 20.0 Å². The van der Waals surface area contributed by atoms with E-state index in [2.05, 4.69) is 20.0 Å². The fourth-order valence-electron chi connectivity index (χ4n) is 9.77. The van der Waals surface area contributed by atoms with Gasteiger partial charge in [0.1, 0.15) is 30.4 Å². The van der Waals surface area contributed by atoms with Crippen LogP contribution in [0.25, 0.3) is 22.0 Å². The smallest absolute Gasteiger partial charge is 0.346 e. The van der Waals surface area contributed by atoms with Gasteiger partial charge in [-0.1, -0.05) is 23.7 Å². The minimum absolute atomic E-state index is 0.0233. The highest BCUT2D eigenvalue weighted by molar-refractivity contribution is 7.93. The molecule has 3 amide bonds. The van der Waals surface area contributed by atoms with Crippen molar-refractivity contribution in [3.8, 4) is 11.1 Å². The Hall–Kier alpha value is -5.39. The standard InChI is InChI=1S/C45H46ClF10N8O10PS2/c1-42(2,76(3,70)71)12-11-25-7-8-27(28-9-10-31(46)35-37(28)63(21-43(49,50)51)60-40(35)64(77(4,72)73)41(66)61-13-5-6-26(61)20-74-75(67,68)69)36(57-25)32(16-22-14-23(47)17-24(48)15-22)58-33(65)19-62-39-34(38(59-62)45(54,55)56)29-18-30(29)44(39,52)53/h7-10,14-15,17,26,29-30,32H,5-6,11-13,16,18-21H2,1-4H3,(H,58,65)(H2,67,68,69)/t26?,29-,30?,32-/m0/s1. The van der Waals surface area contributed by atoms with Gasteiger partial charge in [0.05, 0.1) is 51.3 Å². The molecule has 0 radical (unpaired) electrons. The molecule has 4 atom stereocenters. The third-order valence-corrected chi connectivity index (χ3v) is 17.7. The molecule has 3 aromatic heterocycles. The minimum atomic E-state index is -5.23. The third kappa shape index (κ3) is 12.0. The number of rotatable bonds is 17. The predicted octanol–water partition coefficient (Wildman–Crippen LogP) is 8.33. The summed E-state index contributed by atoms with van der Waals surface area (Å²) < 4.78 is 216. The first-order valence-electron chi connectivity index (χ1n) is 23.1. The van der Waals surface area contributed by atoms with Crippen LogP contribution in [0.5, 0.6) is 0 Å². The molecule has 2 aliphatic carbocycles. The lowest BCUT2D eigenvalue weighted by atomic mass is 9.93. The predicted molar refractivity (Wildman–Crippen MR) is 255 cm³/mol. The molecule has 2 fully saturated rings. The summed E-state index contributed by atoms with van der Waals surface area (Å²) in [5.74, 6) is -11.2. The number of anilines is 1. The monoisotopic (exact) mass is 1180 g/mol. The number of nitrogens with zero attached hydrogens (tertiary/aromatic N) is 7. The van der Waals surface area contributed by atoms with E-state index < -0.39 is 169 Å². The number of hydrogen-bond acceptors (Lipinski definition) is 11. The molecular formula is C45H46ClF10N8O10PS2. The van der Waals surface area contributed by atoms with E-state index in [1.54, 1.807) is 0 Å². The number of hydrogen-bond donors (Lipinski definition) is 3. The van der Waals surface area contributed by atoms with Crippen molar-refractivity contribution in [2.24, 2.45) is 5.92 Å². The van der Waals surface area contributed by atoms with Gasteiger partial charge in [-0.25, -0.2) is 35.0 Å². The van der Waals surface area contributed by atoms with Crippen LogP contribution in [0.15, 0.2) is 42.5 Å². The van der Waals surface area contributed by atoms with Crippen molar-refractivity contribution in [2.45, 2.75) is 106 Å². The van der Waals surface area contributed by atoms with Gasteiger partial charge in [-0.3, -0.25) is 23.7 Å². The number of fused-ring (bicyclic) bond motifs is 4. The number of nitrogens with one attached hydrogen (secondary N) is 1. The number of alkyl halides is 8. The highest BCUT2D eigenvalue weighted by Crippen LogP contribution is 2.68. The van der Waals surface area contributed by atoms with Crippen LogP contribution in [0, 0.1) is 17.6 Å². The van der Waals surface area contributed by atoms with Gasteiger partial charge in [0, 0.05) is 47.2 Å². The lowest BCUT2D eigenvalue weighted by Gasteiger charge is -2.29. The van der Waals surface area contributed by atoms with Crippen molar-refractivity contribution in [2.75, 3.05) is 30.0 Å². The molecule has 2 unspecified atom stereocenters. The van der Waals surface area contributed by atoms with Crippen LogP contribution < -0.4 is 9.62 Å². The van der Waals surface area contributed by atoms with Crippen LogP contribution in [-0.4, -0.2) is 111 Å². The fourth-order valence-corrected chi connectivity index (χ4v) is 11.7. The first-order valence-corrected chi connectivity index (χ1v) is 28.8. The van der Waals surface area contributed by atoms with Crippen LogP contribution >= 0.6 is 19.4 Å². The number of sulfonamides is 1. The highest BCUT2D eigenvalue weighted by Gasteiger charge is 2.68. The maximum absolute atomic E-state index is 15.7. The third-order valence-electron chi connectivity index (χ3n) is 13.7. The molecule has 0 bridgehead atoms. The molecule has 1 aliphatic heterocycles. The number of carbonyl (C=O) groups excluding carboxylic acids is 2. The molecule has 18 nitrogen and oxygen atoms in total. The van der Waals surface area contributed by atoms with Crippen molar-refractivity contribution in [1.29, 1.82) is 0 Å². The van der Waals surface area contributed by atoms with Crippen molar-refractivity contribution in [1.82, 2.24) is 34.8 Å². The summed E-state index contributed by atoms with van der Waals surface area (Å²) in [6, 6.07) is 2.40. The number of pyridine rings is 1. The Labute approximate surface area is 436 Å².